The minimum absolute atomic E-state index is 0.125. The molecular weight excluding hydrogens is 331 g/mol. The van der Waals surface area contributed by atoms with Gasteiger partial charge in [0.1, 0.15) is 17.4 Å². The van der Waals surface area contributed by atoms with Crippen LogP contribution in [0.5, 0.6) is 11.5 Å². The van der Waals surface area contributed by atoms with Crippen LogP contribution in [0.4, 0.5) is 18.9 Å². The van der Waals surface area contributed by atoms with Crippen molar-refractivity contribution >= 4 is 23.2 Å². The molecule has 0 fully saturated rings. The molecule has 2 rings (SSSR count). The van der Waals surface area contributed by atoms with E-state index in [0.29, 0.717) is 11.4 Å². The summed E-state index contributed by atoms with van der Waals surface area (Å²) in [5, 5.41) is 0. The average molecular weight is 344 g/mol. The highest BCUT2D eigenvalue weighted by Crippen LogP contribution is 2.31. The summed E-state index contributed by atoms with van der Waals surface area (Å²) >= 11 is 5.48. The number of carbonyl (C=O) groups is 1. The molecule has 0 aromatic heterocycles. The number of hydrogen-bond donors (Lipinski definition) is 0. The number of hydrogen-bond acceptors (Lipinski definition) is 2. The lowest BCUT2D eigenvalue weighted by Crippen LogP contribution is -2.26. The topological polar surface area (TPSA) is 29.5 Å². The maximum atomic E-state index is 12.5. The molecule has 0 aliphatic rings. The Labute approximate surface area is 136 Å². The van der Waals surface area contributed by atoms with Crippen molar-refractivity contribution in [1.82, 2.24) is 0 Å². The van der Waals surface area contributed by atoms with E-state index in [1.54, 1.807) is 31.3 Å². The first-order valence-corrected chi connectivity index (χ1v) is 7.12. The maximum absolute atomic E-state index is 12.5. The van der Waals surface area contributed by atoms with Crippen molar-refractivity contribution in [2.24, 2.45) is 0 Å². The van der Waals surface area contributed by atoms with Crippen LogP contribution in [0.1, 0.15) is 5.56 Å². The van der Waals surface area contributed by atoms with E-state index in [1.807, 2.05) is 0 Å². The van der Waals surface area contributed by atoms with Gasteiger partial charge in [0.05, 0.1) is 5.56 Å². The third kappa shape index (κ3) is 4.39. The number of ether oxygens (including phenoxy) is 1. The Bertz CT molecular complexity index is 669. The maximum Gasteiger partial charge on any atom is 0.416 e. The van der Waals surface area contributed by atoms with E-state index < -0.39 is 11.7 Å². The Morgan fingerprint density at radius 3 is 1.96 bits per heavy atom. The first-order chi connectivity index (χ1) is 10.8. The highest BCUT2D eigenvalue weighted by Gasteiger charge is 2.30. The van der Waals surface area contributed by atoms with Crippen molar-refractivity contribution in [2.45, 2.75) is 6.18 Å². The van der Waals surface area contributed by atoms with Gasteiger partial charge in [-0.25, -0.2) is 0 Å². The molecule has 0 spiro atoms. The van der Waals surface area contributed by atoms with Crippen LogP contribution in [0.15, 0.2) is 48.5 Å². The van der Waals surface area contributed by atoms with Gasteiger partial charge in [-0.15, -0.1) is 11.6 Å². The van der Waals surface area contributed by atoms with E-state index in [4.69, 9.17) is 16.3 Å². The lowest BCUT2D eigenvalue weighted by molar-refractivity contribution is -0.137. The monoisotopic (exact) mass is 343 g/mol. The van der Waals surface area contributed by atoms with E-state index in [1.165, 1.54) is 17.0 Å². The molecule has 7 heteroatoms. The third-order valence-electron chi connectivity index (χ3n) is 3.13. The summed E-state index contributed by atoms with van der Waals surface area (Å²) < 4.78 is 42.9. The van der Waals surface area contributed by atoms with Crippen LogP contribution in [0.2, 0.25) is 0 Å². The molecule has 0 radical (unpaired) electrons. The summed E-state index contributed by atoms with van der Waals surface area (Å²) in [6.07, 6.45) is -4.38. The van der Waals surface area contributed by atoms with Crippen LogP contribution in [-0.4, -0.2) is 18.8 Å². The van der Waals surface area contributed by atoms with Crippen LogP contribution in [0.3, 0.4) is 0 Å². The molecule has 0 heterocycles. The molecule has 2 aromatic carbocycles. The van der Waals surface area contributed by atoms with Gasteiger partial charge in [-0.3, -0.25) is 4.79 Å². The molecular formula is C16H13ClF3NO2. The van der Waals surface area contributed by atoms with E-state index in [9.17, 15) is 18.0 Å². The van der Waals surface area contributed by atoms with Gasteiger partial charge in [0, 0.05) is 12.7 Å². The molecule has 0 unspecified atom stereocenters. The van der Waals surface area contributed by atoms with Crippen LogP contribution in [-0.2, 0) is 11.0 Å². The standard InChI is InChI=1S/C16H13ClF3NO2/c1-21(15(22)10-17)12-4-8-14(9-5-12)23-13-6-2-11(3-7-13)16(18,19)20/h2-9H,10H2,1H3. The van der Waals surface area contributed by atoms with Gasteiger partial charge in [0.2, 0.25) is 5.91 Å². The van der Waals surface area contributed by atoms with Gasteiger partial charge in [0.15, 0.2) is 0 Å². The van der Waals surface area contributed by atoms with Gasteiger partial charge in [0.25, 0.3) is 0 Å². The van der Waals surface area contributed by atoms with E-state index in [2.05, 4.69) is 0 Å². The summed E-state index contributed by atoms with van der Waals surface area (Å²) in [5.74, 6) is 0.361. The summed E-state index contributed by atoms with van der Waals surface area (Å²) in [7, 11) is 1.59. The molecule has 1 amide bonds. The second kappa shape index (κ2) is 6.91. The lowest BCUT2D eigenvalue weighted by Gasteiger charge is -2.16. The fraction of sp³-hybridized carbons (Fsp3) is 0.188. The normalized spacial score (nSPS) is 11.2. The smallest absolute Gasteiger partial charge is 0.416 e. The Kier molecular flexibility index (Phi) is 5.15. The molecule has 2 aromatic rings. The van der Waals surface area contributed by atoms with Gasteiger partial charge in [-0.2, -0.15) is 13.2 Å². The number of halogens is 4. The molecule has 0 N–H and O–H groups in total. The molecule has 0 saturated heterocycles. The van der Waals surface area contributed by atoms with Gasteiger partial charge in [-0.05, 0) is 48.5 Å². The summed E-state index contributed by atoms with van der Waals surface area (Å²) in [6.45, 7) is 0. The second-order valence-electron chi connectivity index (χ2n) is 4.70. The zero-order valence-corrected chi connectivity index (χ0v) is 12.9. The van der Waals surface area contributed by atoms with Crippen LogP contribution < -0.4 is 9.64 Å². The molecule has 3 nitrogen and oxygen atoms in total. The van der Waals surface area contributed by atoms with Crippen LogP contribution >= 0.6 is 11.6 Å². The van der Waals surface area contributed by atoms with Crippen molar-refractivity contribution in [1.29, 1.82) is 0 Å². The molecule has 122 valence electrons. The number of nitrogens with zero attached hydrogens (tertiary/aromatic N) is 1. The summed E-state index contributed by atoms with van der Waals surface area (Å²) in [5.41, 5.74) is -0.100. The fourth-order valence-corrected chi connectivity index (χ4v) is 2.00. The quantitative estimate of drug-likeness (QED) is 0.753. The van der Waals surface area contributed by atoms with Gasteiger partial charge >= 0.3 is 6.18 Å². The minimum atomic E-state index is -4.38. The van der Waals surface area contributed by atoms with Crippen molar-refractivity contribution in [3.63, 3.8) is 0 Å². The van der Waals surface area contributed by atoms with Crippen molar-refractivity contribution < 1.29 is 22.7 Å². The fourth-order valence-electron chi connectivity index (χ4n) is 1.82. The number of anilines is 1. The highest BCUT2D eigenvalue weighted by molar-refractivity contribution is 6.29. The SMILES string of the molecule is CN(C(=O)CCl)c1ccc(Oc2ccc(C(F)(F)F)cc2)cc1. The lowest BCUT2D eigenvalue weighted by atomic mass is 10.2. The largest absolute Gasteiger partial charge is 0.457 e. The predicted molar refractivity (Wildman–Crippen MR) is 82.1 cm³/mol. The first kappa shape index (κ1) is 17.1. The molecule has 0 saturated carbocycles. The Hall–Kier alpha value is -2.21. The molecule has 0 bridgehead atoms. The van der Waals surface area contributed by atoms with E-state index in [-0.39, 0.29) is 17.5 Å². The van der Waals surface area contributed by atoms with Crippen molar-refractivity contribution in [3.8, 4) is 11.5 Å². The van der Waals surface area contributed by atoms with E-state index in [0.717, 1.165) is 12.1 Å². The molecule has 0 aliphatic carbocycles. The molecule has 0 atom stereocenters. The average Bonchev–Trinajstić information content (AvgIpc) is 2.54. The first-order valence-electron chi connectivity index (χ1n) is 6.59. The number of benzene rings is 2. The zero-order valence-electron chi connectivity index (χ0n) is 12.1. The minimum Gasteiger partial charge on any atom is -0.457 e. The van der Waals surface area contributed by atoms with Crippen molar-refractivity contribution in [3.05, 3.63) is 54.1 Å². The number of amides is 1. The number of alkyl halides is 4. The summed E-state index contributed by atoms with van der Waals surface area (Å²) in [6, 6.07) is 11.0. The zero-order chi connectivity index (χ0) is 17.0. The van der Waals surface area contributed by atoms with Gasteiger partial charge in [-0.1, -0.05) is 0 Å². The Morgan fingerprint density at radius 2 is 1.52 bits per heavy atom. The van der Waals surface area contributed by atoms with Crippen molar-refractivity contribution in [2.75, 3.05) is 17.8 Å². The Balaban J connectivity index is 2.08. The Morgan fingerprint density at radius 1 is 1.04 bits per heavy atom. The van der Waals surface area contributed by atoms with Crippen LogP contribution in [0, 0.1) is 0 Å². The molecule has 23 heavy (non-hydrogen) atoms. The van der Waals surface area contributed by atoms with E-state index >= 15 is 0 Å². The highest BCUT2D eigenvalue weighted by atomic mass is 35.5. The van der Waals surface area contributed by atoms with Gasteiger partial charge < -0.3 is 9.64 Å². The number of rotatable bonds is 4. The number of carbonyl (C=O) groups excluding carboxylic acids is 1. The van der Waals surface area contributed by atoms with Crippen LogP contribution in [0.25, 0.3) is 0 Å². The predicted octanol–water partition coefficient (Wildman–Crippen LogP) is 4.70. The third-order valence-corrected chi connectivity index (χ3v) is 3.36. The summed E-state index contributed by atoms with van der Waals surface area (Å²) in [4.78, 5) is 12.9. The second-order valence-corrected chi connectivity index (χ2v) is 4.97. The molecule has 0 aliphatic heterocycles.